The maximum Gasteiger partial charge on any atom is 0.267 e. The second-order valence-electron chi connectivity index (χ2n) is 13.4. The molecule has 12 heteroatoms. The van der Waals surface area contributed by atoms with E-state index in [0.717, 1.165) is 44.3 Å². The van der Waals surface area contributed by atoms with Gasteiger partial charge in [0.25, 0.3) is 15.7 Å². The summed E-state index contributed by atoms with van der Waals surface area (Å²) >= 11 is -1.65. The number of aromatic hydroxyl groups is 1. The SMILES string of the molecule is CC.CCCCCCN(CCCCCC)c1ccc2c(O)c(/C=C/C(=NCCCS(=O)(=O)OC)C(C)(C)c3cccc(S(=O)OC)c3)c(=O)n(C)c2c1. The molecule has 0 bridgehead atoms. The molecule has 1 heterocycles. The molecular formula is C41H63N3O7S2. The minimum absolute atomic E-state index is 0.117. The minimum atomic E-state index is -3.65. The van der Waals surface area contributed by atoms with Crippen LogP contribution in [0.15, 0.2) is 63.2 Å². The number of nitrogens with zero attached hydrogens (tertiary/aromatic N) is 3. The lowest BCUT2D eigenvalue weighted by Gasteiger charge is -2.27. The van der Waals surface area contributed by atoms with Gasteiger partial charge in [-0.05, 0) is 67.3 Å². The molecule has 0 aliphatic carbocycles. The third kappa shape index (κ3) is 13.2. The van der Waals surface area contributed by atoms with Gasteiger partial charge < -0.3 is 14.6 Å². The Hall–Kier alpha value is -3.32. The fraction of sp³-hybridized carbons (Fsp3) is 0.561. The Labute approximate surface area is 321 Å². The molecule has 10 nitrogen and oxygen atoms in total. The number of aromatic nitrogens is 1. The van der Waals surface area contributed by atoms with Crippen LogP contribution in [0.25, 0.3) is 17.0 Å². The quantitative estimate of drug-likeness (QED) is 0.0611. The molecule has 2 aromatic carbocycles. The smallest absolute Gasteiger partial charge is 0.267 e. The highest BCUT2D eigenvalue weighted by atomic mass is 32.2. The summed E-state index contributed by atoms with van der Waals surface area (Å²) in [6.07, 6.45) is 12.8. The molecule has 1 atom stereocenters. The van der Waals surface area contributed by atoms with E-state index in [0.29, 0.717) is 21.5 Å². The molecule has 1 N–H and O–H groups in total. The van der Waals surface area contributed by atoms with Crippen LogP contribution in [0.1, 0.15) is 110 Å². The van der Waals surface area contributed by atoms with Crippen LogP contribution in [-0.2, 0) is 42.0 Å². The van der Waals surface area contributed by atoms with Crippen molar-refractivity contribution < 1.29 is 26.1 Å². The summed E-state index contributed by atoms with van der Waals surface area (Å²) in [4.78, 5) is 21.5. The Morgan fingerprint density at radius 1 is 0.962 bits per heavy atom. The zero-order valence-electron chi connectivity index (χ0n) is 33.4. The van der Waals surface area contributed by atoms with Crippen LogP contribution in [0.5, 0.6) is 5.75 Å². The minimum Gasteiger partial charge on any atom is -0.506 e. The Bertz CT molecular complexity index is 1840. The Kier molecular flexibility index (Phi) is 19.7. The van der Waals surface area contributed by atoms with Gasteiger partial charge in [0.05, 0.1) is 35.9 Å². The van der Waals surface area contributed by atoms with Gasteiger partial charge in [0.2, 0.25) is 0 Å². The van der Waals surface area contributed by atoms with Crippen molar-refractivity contribution in [2.75, 3.05) is 44.5 Å². The standard InChI is InChI=1S/C39H57N3O7S2.C2H6/c1-8-10-12-14-25-42(26-15-13-11-9-2)31-20-21-33-35(29-31)41(5)38(44)34(37(33)43)22-23-36(40-24-17-27-51(46,47)49-7)39(3,4)30-18-16-19-32(28-30)50(45)48-6;1-2/h16,18-23,28-29,43H,8-15,17,24-27H2,1-7H3;1-2H3/b23-22+,40-36?;. The number of anilines is 1. The van der Waals surface area contributed by atoms with Gasteiger partial charge >= 0.3 is 0 Å². The van der Waals surface area contributed by atoms with Gasteiger partial charge in [0, 0.05) is 48.9 Å². The summed E-state index contributed by atoms with van der Waals surface area (Å²) in [5, 5.41) is 12.1. The van der Waals surface area contributed by atoms with Crippen LogP contribution < -0.4 is 10.5 Å². The number of aliphatic imine (C=N–C) groups is 1. The van der Waals surface area contributed by atoms with E-state index in [1.165, 1.54) is 45.6 Å². The van der Waals surface area contributed by atoms with E-state index >= 15 is 0 Å². The van der Waals surface area contributed by atoms with Crippen molar-refractivity contribution in [1.29, 1.82) is 0 Å². The molecule has 0 aliphatic rings. The monoisotopic (exact) mass is 773 g/mol. The first kappa shape index (κ1) is 45.8. The predicted molar refractivity (Wildman–Crippen MR) is 222 cm³/mol. The molecule has 0 amide bonds. The number of unbranched alkanes of at least 4 members (excludes halogenated alkanes) is 6. The molecule has 0 saturated carbocycles. The van der Waals surface area contributed by atoms with Gasteiger partial charge in [-0.1, -0.05) is 92.2 Å². The first-order chi connectivity index (χ1) is 25.3. The third-order valence-corrected chi connectivity index (χ3v) is 11.6. The van der Waals surface area contributed by atoms with E-state index in [9.17, 15) is 22.5 Å². The maximum absolute atomic E-state index is 13.8. The number of allylic oxidation sites excluding steroid dienone is 1. The Morgan fingerprint density at radius 2 is 1.60 bits per heavy atom. The summed E-state index contributed by atoms with van der Waals surface area (Å²) in [5.41, 5.74) is 2.01. The molecule has 296 valence electrons. The van der Waals surface area contributed by atoms with E-state index in [1.807, 2.05) is 52.0 Å². The molecule has 1 aromatic heterocycles. The summed E-state index contributed by atoms with van der Waals surface area (Å²) in [7, 11) is 0.561. The second-order valence-corrected chi connectivity index (χ2v) is 16.5. The van der Waals surface area contributed by atoms with Crippen LogP contribution >= 0.6 is 0 Å². The molecule has 0 spiro atoms. The van der Waals surface area contributed by atoms with E-state index < -0.39 is 26.6 Å². The molecule has 0 saturated heterocycles. The summed E-state index contributed by atoms with van der Waals surface area (Å²) in [6, 6.07) is 13.1. The van der Waals surface area contributed by atoms with E-state index in [2.05, 4.69) is 22.9 Å². The molecule has 0 radical (unpaired) electrons. The van der Waals surface area contributed by atoms with Gasteiger partial charge in [-0.25, -0.2) is 4.21 Å². The first-order valence-corrected chi connectivity index (χ1v) is 21.6. The average Bonchev–Trinajstić information content (AvgIpc) is 3.17. The van der Waals surface area contributed by atoms with Crippen molar-refractivity contribution in [2.45, 2.75) is 110 Å². The lowest BCUT2D eigenvalue weighted by atomic mass is 9.79. The maximum atomic E-state index is 13.8. The lowest BCUT2D eigenvalue weighted by molar-refractivity contribution is 0.397. The fourth-order valence-corrected chi connectivity index (χ4v) is 7.34. The number of rotatable bonds is 22. The Morgan fingerprint density at radius 3 is 2.19 bits per heavy atom. The molecular weight excluding hydrogens is 711 g/mol. The number of fused-ring (bicyclic) bond motifs is 1. The van der Waals surface area contributed by atoms with Crippen molar-refractivity contribution in [3.63, 3.8) is 0 Å². The number of aryl methyl sites for hydroxylation is 1. The Balaban J connectivity index is 0.00000477. The summed E-state index contributed by atoms with van der Waals surface area (Å²) in [6.45, 7) is 14.4. The molecule has 3 rings (SSSR count). The molecule has 1 unspecified atom stereocenters. The molecule has 0 aliphatic heterocycles. The number of hydrogen-bond donors (Lipinski definition) is 1. The predicted octanol–water partition coefficient (Wildman–Crippen LogP) is 8.70. The second kappa shape index (κ2) is 22.8. The van der Waals surface area contributed by atoms with Crippen molar-refractivity contribution in [3.05, 3.63) is 70.0 Å². The zero-order valence-corrected chi connectivity index (χ0v) is 35.1. The van der Waals surface area contributed by atoms with Crippen LogP contribution in [0.3, 0.4) is 0 Å². The number of benzene rings is 2. The van der Waals surface area contributed by atoms with Gasteiger partial charge in [-0.3, -0.25) is 18.2 Å². The zero-order chi connectivity index (χ0) is 39.6. The summed E-state index contributed by atoms with van der Waals surface area (Å²) < 4.78 is 47.5. The topological polar surface area (TPSA) is 128 Å². The van der Waals surface area contributed by atoms with Crippen LogP contribution in [0.4, 0.5) is 5.69 Å². The van der Waals surface area contributed by atoms with Crippen molar-refractivity contribution in [3.8, 4) is 5.75 Å². The van der Waals surface area contributed by atoms with Crippen LogP contribution in [-0.4, -0.2) is 67.6 Å². The molecule has 0 fully saturated rings. The van der Waals surface area contributed by atoms with Crippen LogP contribution in [0, 0.1) is 0 Å². The van der Waals surface area contributed by atoms with Gasteiger partial charge in [0.1, 0.15) is 5.75 Å². The van der Waals surface area contributed by atoms with E-state index in [4.69, 9.17) is 9.18 Å². The average molecular weight is 774 g/mol. The normalized spacial score (nSPS) is 13.0. The first-order valence-electron chi connectivity index (χ1n) is 19.0. The highest BCUT2D eigenvalue weighted by molar-refractivity contribution is 7.86. The summed E-state index contributed by atoms with van der Waals surface area (Å²) in [5.74, 6) is -0.315. The largest absolute Gasteiger partial charge is 0.506 e. The number of pyridine rings is 1. The molecule has 3 aromatic rings. The highest BCUT2D eigenvalue weighted by Gasteiger charge is 2.27. The highest BCUT2D eigenvalue weighted by Crippen LogP contribution is 2.32. The van der Waals surface area contributed by atoms with Crippen LogP contribution in [0.2, 0.25) is 0 Å². The lowest BCUT2D eigenvalue weighted by Crippen LogP contribution is -2.28. The third-order valence-electron chi connectivity index (χ3n) is 9.35. The van der Waals surface area contributed by atoms with Gasteiger partial charge in [0.15, 0.2) is 11.1 Å². The van der Waals surface area contributed by atoms with Crippen molar-refractivity contribution >= 4 is 49.6 Å². The van der Waals surface area contributed by atoms with Gasteiger partial charge in [-0.15, -0.1) is 0 Å². The van der Waals surface area contributed by atoms with Crippen molar-refractivity contribution in [1.82, 2.24) is 4.57 Å². The molecule has 53 heavy (non-hydrogen) atoms. The van der Waals surface area contributed by atoms with Gasteiger partial charge in [-0.2, -0.15) is 8.42 Å². The fourth-order valence-electron chi connectivity index (χ4n) is 6.09. The van der Waals surface area contributed by atoms with Crippen molar-refractivity contribution in [2.24, 2.45) is 12.0 Å². The number of hydrogen-bond acceptors (Lipinski definition) is 9. The van der Waals surface area contributed by atoms with E-state index in [1.54, 1.807) is 42.0 Å². The van der Waals surface area contributed by atoms with E-state index in [-0.39, 0.29) is 35.6 Å².